The minimum Gasteiger partial charge on any atom is -0.378 e. The van der Waals surface area contributed by atoms with Crippen LogP contribution < -0.4 is 16.0 Å². The number of anilines is 1. The van der Waals surface area contributed by atoms with E-state index in [0.29, 0.717) is 24.3 Å². The molecule has 2 aromatic heterocycles. The van der Waals surface area contributed by atoms with Crippen molar-refractivity contribution in [1.29, 1.82) is 0 Å². The maximum Gasteiger partial charge on any atom is 0.262 e. The first-order chi connectivity index (χ1) is 13.9. The molecule has 1 aliphatic rings. The predicted molar refractivity (Wildman–Crippen MR) is 113 cm³/mol. The van der Waals surface area contributed by atoms with Crippen molar-refractivity contribution >= 4 is 39.4 Å². The third-order valence-corrected chi connectivity index (χ3v) is 6.13. The van der Waals surface area contributed by atoms with Gasteiger partial charge in [0.05, 0.1) is 11.5 Å². The second-order valence-electron chi connectivity index (χ2n) is 7.33. The third-order valence-electron chi connectivity index (χ3n) is 5.02. The van der Waals surface area contributed by atoms with Gasteiger partial charge in [0, 0.05) is 26.4 Å². The van der Waals surface area contributed by atoms with Crippen molar-refractivity contribution in [3.63, 3.8) is 0 Å². The summed E-state index contributed by atoms with van der Waals surface area (Å²) in [4.78, 5) is 32.9. The van der Waals surface area contributed by atoms with Gasteiger partial charge in [-0.2, -0.15) is 0 Å². The predicted octanol–water partition coefficient (Wildman–Crippen LogP) is 1.92. The molecule has 1 unspecified atom stereocenters. The molecule has 3 heterocycles. The molecule has 0 saturated carbocycles. The molecule has 29 heavy (non-hydrogen) atoms. The smallest absolute Gasteiger partial charge is 0.262 e. The zero-order valence-corrected chi connectivity index (χ0v) is 17.2. The molecule has 8 nitrogen and oxygen atoms in total. The molecular formula is C20H23N5O3S. The summed E-state index contributed by atoms with van der Waals surface area (Å²) in [5, 5.41) is 2.82. The molecule has 2 amide bonds. The molecular weight excluding hydrogens is 390 g/mol. The molecule has 0 bridgehead atoms. The van der Waals surface area contributed by atoms with Crippen molar-refractivity contribution in [2.24, 2.45) is 5.73 Å². The van der Waals surface area contributed by atoms with Crippen molar-refractivity contribution in [1.82, 2.24) is 14.9 Å². The fourth-order valence-electron chi connectivity index (χ4n) is 3.51. The Hall–Kier alpha value is -2.91. The molecule has 152 valence electrons. The Bertz CT molecular complexity index is 1050. The van der Waals surface area contributed by atoms with E-state index in [1.165, 1.54) is 11.3 Å². The Kier molecular flexibility index (Phi) is 5.01. The van der Waals surface area contributed by atoms with Crippen LogP contribution in [0.15, 0.2) is 36.4 Å². The van der Waals surface area contributed by atoms with Crippen molar-refractivity contribution in [3.8, 4) is 5.69 Å². The molecule has 0 spiro atoms. The molecule has 0 aliphatic carbocycles. The van der Waals surface area contributed by atoms with Gasteiger partial charge in [-0.15, -0.1) is 11.3 Å². The summed E-state index contributed by atoms with van der Waals surface area (Å²) in [6, 6.07) is 11.6. The lowest BCUT2D eigenvalue weighted by Gasteiger charge is -2.34. The number of nitrogens with two attached hydrogens (primary N) is 1. The maximum absolute atomic E-state index is 12.9. The number of para-hydroxylation sites is 1. The van der Waals surface area contributed by atoms with Gasteiger partial charge in [0.25, 0.3) is 5.91 Å². The maximum atomic E-state index is 12.9. The lowest BCUT2D eigenvalue weighted by atomic mass is 9.91. The minimum atomic E-state index is -1.17. The van der Waals surface area contributed by atoms with E-state index in [9.17, 15) is 9.59 Å². The summed E-state index contributed by atoms with van der Waals surface area (Å²) >= 11 is 1.33. The van der Waals surface area contributed by atoms with Crippen LogP contribution in [0.2, 0.25) is 0 Å². The number of nitrogens with zero attached hydrogens (tertiary/aromatic N) is 3. The first-order valence-electron chi connectivity index (χ1n) is 9.36. The number of rotatable bonds is 5. The summed E-state index contributed by atoms with van der Waals surface area (Å²) in [6.45, 7) is 0.657. The van der Waals surface area contributed by atoms with Gasteiger partial charge in [0.1, 0.15) is 15.9 Å². The second kappa shape index (κ2) is 7.49. The van der Waals surface area contributed by atoms with E-state index in [1.54, 1.807) is 6.07 Å². The van der Waals surface area contributed by atoms with E-state index >= 15 is 0 Å². The number of fused-ring (bicyclic) bond motifs is 1. The minimum absolute atomic E-state index is 0.0955. The number of aromatic nitrogens is 2. The summed E-state index contributed by atoms with van der Waals surface area (Å²) < 4.78 is 7.43. The van der Waals surface area contributed by atoms with E-state index in [1.807, 2.05) is 53.9 Å². The number of ether oxygens (including phenoxy) is 1. The van der Waals surface area contributed by atoms with Crippen LogP contribution in [0.3, 0.4) is 0 Å². The summed E-state index contributed by atoms with van der Waals surface area (Å²) in [5.74, 6) is -0.143. The molecule has 1 atom stereocenters. The molecule has 1 aromatic carbocycles. The number of nitrogens with one attached hydrogen (secondary N) is 1. The fraction of sp³-hybridized carbons (Fsp3) is 0.350. The SMILES string of the molecule is CN(C)c1nc2cc(C(=O)NC3(C(N)=O)CCCOC3)sc2n1-c1ccccc1. The number of hydrogen-bond donors (Lipinski definition) is 2. The third kappa shape index (κ3) is 3.47. The van der Waals surface area contributed by atoms with Gasteiger partial charge in [0.2, 0.25) is 11.9 Å². The van der Waals surface area contributed by atoms with Gasteiger partial charge in [0.15, 0.2) is 0 Å². The monoisotopic (exact) mass is 413 g/mol. The summed E-state index contributed by atoms with van der Waals surface area (Å²) in [6.07, 6.45) is 1.14. The normalized spacial score (nSPS) is 19.2. The lowest BCUT2D eigenvalue weighted by Crippen LogP contribution is -2.61. The molecule has 3 N–H and O–H groups in total. The summed E-state index contributed by atoms with van der Waals surface area (Å²) in [5.41, 5.74) is 6.10. The highest BCUT2D eigenvalue weighted by atomic mass is 32.1. The average Bonchev–Trinajstić information content (AvgIpc) is 3.27. The van der Waals surface area contributed by atoms with Crippen LogP contribution in [0.1, 0.15) is 22.5 Å². The van der Waals surface area contributed by atoms with Crippen molar-refractivity contribution < 1.29 is 14.3 Å². The number of primary amides is 1. The number of amides is 2. The molecule has 1 aliphatic heterocycles. The highest BCUT2D eigenvalue weighted by Gasteiger charge is 2.40. The van der Waals surface area contributed by atoms with Crippen LogP contribution in [0.5, 0.6) is 0 Å². The Morgan fingerprint density at radius 1 is 1.31 bits per heavy atom. The van der Waals surface area contributed by atoms with Gasteiger partial charge in [-0.25, -0.2) is 4.98 Å². The first kappa shape index (κ1) is 19.4. The number of thiophene rings is 1. The fourth-order valence-corrected chi connectivity index (χ4v) is 4.52. The molecule has 1 saturated heterocycles. The van der Waals surface area contributed by atoms with E-state index in [2.05, 4.69) is 5.32 Å². The van der Waals surface area contributed by atoms with Crippen LogP contribution in [0.4, 0.5) is 5.95 Å². The zero-order chi connectivity index (χ0) is 20.6. The van der Waals surface area contributed by atoms with Gasteiger partial charge >= 0.3 is 0 Å². The molecule has 1 fully saturated rings. The Balaban J connectivity index is 1.72. The molecule has 9 heteroatoms. The number of benzene rings is 1. The van der Waals surface area contributed by atoms with Crippen molar-refractivity contribution in [2.75, 3.05) is 32.2 Å². The Morgan fingerprint density at radius 3 is 2.69 bits per heavy atom. The zero-order valence-electron chi connectivity index (χ0n) is 16.3. The number of hydrogen-bond acceptors (Lipinski definition) is 6. The van der Waals surface area contributed by atoms with Crippen LogP contribution in [-0.2, 0) is 9.53 Å². The Morgan fingerprint density at radius 2 is 2.07 bits per heavy atom. The van der Waals surface area contributed by atoms with Gasteiger partial charge in [-0.05, 0) is 31.0 Å². The molecule has 0 radical (unpaired) electrons. The van der Waals surface area contributed by atoms with Gasteiger partial charge in [-0.3, -0.25) is 14.2 Å². The summed E-state index contributed by atoms with van der Waals surface area (Å²) in [7, 11) is 3.86. The van der Waals surface area contributed by atoms with Crippen LogP contribution in [0.25, 0.3) is 16.0 Å². The van der Waals surface area contributed by atoms with Crippen molar-refractivity contribution in [2.45, 2.75) is 18.4 Å². The quantitative estimate of drug-likeness (QED) is 0.665. The highest BCUT2D eigenvalue weighted by molar-refractivity contribution is 7.20. The van der Waals surface area contributed by atoms with E-state index in [0.717, 1.165) is 22.0 Å². The number of carbonyl (C=O) groups excluding carboxylic acids is 2. The highest BCUT2D eigenvalue weighted by Crippen LogP contribution is 2.33. The second-order valence-corrected chi connectivity index (χ2v) is 8.37. The average molecular weight is 414 g/mol. The number of carbonyl (C=O) groups is 2. The van der Waals surface area contributed by atoms with Crippen LogP contribution in [0, 0.1) is 0 Å². The van der Waals surface area contributed by atoms with Crippen molar-refractivity contribution in [3.05, 3.63) is 41.3 Å². The van der Waals surface area contributed by atoms with E-state index in [-0.39, 0.29) is 12.5 Å². The van der Waals surface area contributed by atoms with Crippen LogP contribution in [-0.4, -0.2) is 54.2 Å². The standard InChI is InChI=1S/C20H23N5O3S/c1-24(2)19-22-14-11-15(29-17(14)25(19)13-7-4-3-5-8-13)16(26)23-20(18(21)27)9-6-10-28-12-20/h3-5,7-8,11H,6,9-10,12H2,1-2H3,(H2,21,27)(H,23,26). The molecule has 3 aromatic rings. The topological polar surface area (TPSA) is 102 Å². The lowest BCUT2D eigenvalue weighted by molar-refractivity contribution is -0.129. The number of imidazole rings is 1. The largest absolute Gasteiger partial charge is 0.378 e. The van der Waals surface area contributed by atoms with Crippen LogP contribution >= 0.6 is 11.3 Å². The van der Waals surface area contributed by atoms with Gasteiger partial charge in [-0.1, -0.05) is 18.2 Å². The van der Waals surface area contributed by atoms with E-state index in [4.69, 9.17) is 15.5 Å². The molecule has 4 rings (SSSR count). The first-order valence-corrected chi connectivity index (χ1v) is 10.2. The van der Waals surface area contributed by atoms with E-state index < -0.39 is 11.4 Å². The van der Waals surface area contributed by atoms with Gasteiger partial charge < -0.3 is 20.7 Å². The Labute approximate surface area is 172 Å².